The van der Waals surface area contributed by atoms with E-state index in [1.807, 2.05) is 43.3 Å². The largest absolute Gasteiger partial charge is 0.378 e. The van der Waals surface area contributed by atoms with Gasteiger partial charge in [-0.2, -0.15) is 4.72 Å². The van der Waals surface area contributed by atoms with Gasteiger partial charge in [-0.25, -0.2) is 8.42 Å². The molecule has 0 heterocycles. The quantitative estimate of drug-likeness (QED) is 0.665. The summed E-state index contributed by atoms with van der Waals surface area (Å²) in [6.07, 6.45) is 0. The van der Waals surface area contributed by atoms with Crippen molar-refractivity contribution in [3.8, 4) is 0 Å². The van der Waals surface area contributed by atoms with Crippen molar-refractivity contribution in [1.29, 1.82) is 0 Å². The van der Waals surface area contributed by atoms with Gasteiger partial charge in [0.1, 0.15) is 0 Å². The molecule has 2 aromatic rings. The molecule has 0 unspecified atom stereocenters. The third kappa shape index (κ3) is 6.30. The number of carbonyl (C=O) groups excluding carboxylic acids is 2. The van der Waals surface area contributed by atoms with Crippen LogP contribution in [0.25, 0.3) is 0 Å². The molecule has 2 aromatic carbocycles. The lowest BCUT2D eigenvalue weighted by Crippen LogP contribution is -2.45. The van der Waals surface area contributed by atoms with E-state index >= 15 is 0 Å². The number of rotatable bonds is 8. The predicted octanol–water partition coefficient (Wildman–Crippen LogP) is 2.04. The molecule has 1 atom stereocenters. The Kier molecular flexibility index (Phi) is 7.58. The average molecular weight is 433 g/mol. The molecule has 0 radical (unpaired) electrons. The van der Waals surface area contributed by atoms with Crippen LogP contribution in [-0.2, 0) is 26.2 Å². The summed E-state index contributed by atoms with van der Waals surface area (Å²) in [5.74, 6) is -0.590. The zero-order chi connectivity index (χ0) is 22.5. The third-order valence-electron chi connectivity index (χ3n) is 4.44. The van der Waals surface area contributed by atoms with Crippen LogP contribution >= 0.6 is 0 Å². The van der Waals surface area contributed by atoms with Gasteiger partial charge >= 0.3 is 0 Å². The summed E-state index contributed by atoms with van der Waals surface area (Å²) >= 11 is 0. The Hall–Kier alpha value is -2.91. The number of anilines is 2. The topological polar surface area (TPSA) is 98.8 Å². The van der Waals surface area contributed by atoms with Crippen molar-refractivity contribution in [1.82, 2.24) is 9.62 Å². The normalized spacial score (nSPS) is 12.2. The van der Waals surface area contributed by atoms with Crippen LogP contribution in [0.5, 0.6) is 0 Å². The summed E-state index contributed by atoms with van der Waals surface area (Å²) in [6, 6.07) is 12.6. The maximum absolute atomic E-state index is 12.7. The highest BCUT2D eigenvalue weighted by atomic mass is 32.2. The van der Waals surface area contributed by atoms with Gasteiger partial charge in [0.05, 0.1) is 10.9 Å². The fourth-order valence-corrected chi connectivity index (χ4v) is 4.05. The third-order valence-corrected chi connectivity index (χ3v) is 5.99. The maximum atomic E-state index is 12.7. The SMILES string of the molecule is CC(=O)Nc1ccc(S(=O)(=O)N[C@@H](C)C(=O)N(C)Cc2ccc(N(C)C)cc2)cc1. The molecule has 0 aliphatic heterocycles. The van der Waals surface area contributed by atoms with Gasteiger partial charge in [-0.3, -0.25) is 9.59 Å². The Morgan fingerprint density at radius 1 is 0.967 bits per heavy atom. The number of nitrogens with one attached hydrogen (secondary N) is 2. The lowest BCUT2D eigenvalue weighted by Gasteiger charge is -2.22. The van der Waals surface area contributed by atoms with Crippen LogP contribution in [0, 0.1) is 0 Å². The van der Waals surface area contributed by atoms with Gasteiger partial charge in [0.15, 0.2) is 0 Å². The molecule has 30 heavy (non-hydrogen) atoms. The number of hydrogen-bond donors (Lipinski definition) is 2. The number of likely N-dealkylation sites (N-methyl/N-ethyl adjacent to an activating group) is 1. The van der Waals surface area contributed by atoms with E-state index in [4.69, 9.17) is 0 Å². The van der Waals surface area contributed by atoms with Crippen LogP contribution in [0.2, 0.25) is 0 Å². The summed E-state index contributed by atoms with van der Waals surface area (Å²) in [5.41, 5.74) is 2.49. The molecule has 2 amide bonds. The Labute approximate surface area is 177 Å². The zero-order valence-corrected chi connectivity index (χ0v) is 18.7. The van der Waals surface area contributed by atoms with Gasteiger partial charge in [-0.05, 0) is 48.9 Å². The molecule has 0 aliphatic carbocycles. The van der Waals surface area contributed by atoms with Crippen molar-refractivity contribution < 1.29 is 18.0 Å². The molecule has 0 saturated carbocycles. The van der Waals surface area contributed by atoms with Crippen molar-refractivity contribution in [2.45, 2.75) is 31.3 Å². The second-order valence-electron chi connectivity index (χ2n) is 7.30. The smallest absolute Gasteiger partial charge is 0.241 e. The predicted molar refractivity (Wildman–Crippen MR) is 118 cm³/mol. The molecule has 2 rings (SSSR count). The monoisotopic (exact) mass is 432 g/mol. The minimum atomic E-state index is -3.89. The minimum Gasteiger partial charge on any atom is -0.378 e. The van der Waals surface area contributed by atoms with E-state index < -0.39 is 16.1 Å². The second kappa shape index (κ2) is 9.73. The Morgan fingerprint density at radius 3 is 2.03 bits per heavy atom. The van der Waals surface area contributed by atoms with Crippen molar-refractivity contribution >= 4 is 33.2 Å². The standard InChI is InChI=1S/C21H28N4O4S/c1-15(21(27)25(5)14-17-6-10-19(11-7-17)24(3)4)23-30(28,29)20-12-8-18(9-13-20)22-16(2)26/h6-13,15,23H,14H2,1-5H3,(H,22,26)/t15-/m0/s1. The second-order valence-corrected chi connectivity index (χ2v) is 9.02. The average Bonchev–Trinajstić information content (AvgIpc) is 2.67. The van der Waals surface area contributed by atoms with Gasteiger partial charge in [-0.1, -0.05) is 12.1 Å². The van der Waals surface area contributed by atoms with Crippen LogP contribution in [0.4, 0.5) is 11.4 Å². The Bertz CT molecular complexity index is 987. The van der Waals surface area contributed by atoms with E-state index in [9.17, 15) is 18.0 Å². The fraction of sp³-hybridized carbons (Fsp3) is 0.333. The molecule has 0 fully saturated rings. The van der Waals surface area contributed by atoms with Crippen LogP contribution in [0.15, 0.2) is 53.4 Å². The first kappa shape index (κ1) is 23.4. The molecular formula is C21H28N4O4S. The number of sulfonamides is 1. The van der Waals surface area contributed by atoms with Crippen LogP contribution < -0.4 is 14.9 Å². The number of carbonyl (C=O) groups is 2. The fourth-order valence-electron chi connectivity index (χ4n) is 2.85. The highest BCUT2D eigenvalue weighted by Crippen LogP contribution is 2.16. The van der Waals surface area contributed by atoms with Crippen molar-refractivity contribution in [2.24, 2.45) is 0 Å². The maximum Gasteiger partial charge on any atom is 0.241 e. The minimum absolute atomic E-state index is 0.0122. The molecule has 2 N–H and O–H groups in total. The van der Waals surface area contributed by atoms with Gasteiger partial charge in [0.25, 0.3) is 0 Å². The van der Waals surface area contributed by atoms with E-state index in [1.54, 1.807) is 7.05 Å². The summed E-state index contributed by atoms with van der Waals surface area (Å²) in [6.45, 7) is 3.24. The van der Waals surface area contributed by atoms with Crippen LogP contribution in [0.3, 0.4) is 0 Å². The summed E-state index contributed by atoms with van der Waals surface area (Å²) < 4.78 is 27.6. The number of hydrogen-bond acceptors (Lipinski definition) is 5. The first-order chi connectivity index (χ1) is 14.0. The van der Waals surface area contributed by atoms with E-state index in [-0.39, 0.29) is 16.7 Å². The molecule has 0 aliphatic rings. The Morgan fingerprint density at radius 2 is 1.53 bits per heavy atom. The van der Waals surface area contributed by atoms with E-state index in [0.29, 0.717) is 12.2 Å². The molecule has 0 spiro atoms. The zero-order valence-electron chi connectivity index (χ0n) is 17.8. The summed E-state index contributed by atoms with van der Waals surface area (Å²) in [5, 5.41) is 2.57. The van der Waals surface area contributed by atoms with Crippen molar-refractivity contribution in [3.05, 3.63) is 54.1 Å². The summed E-state index contributed by atoms with van der Waals surface area (Å²) in [4.78, 5) is 27.2. The van der Waals surface area contributed by atoms with Crippen molar-refractivity contribution in [3.63, 3.8) is 0 Å². The molecule has 0 bridgehead atoms. The number of nitrogens with zero attached hydrogens (tertiary/aromatic N) is 2. The first-order valence-electron chi connectivity index (χ1n) is 9.41. The molecule has 9 heteroatoms. The van der Waals surface area contributed by atoms with Gasteiger partial charge in [-0.15, -0.1) is 0 Å². The number of benzene rings is 2. The molecule has 0 saturated heterocycles. The van der Waals surface area contributed by atoms with E-state index in [2.05, 4.69) is 10.0 Å². The van der Waals surface area contributed by atoms with E-state index in [1.165, 1.54) is 43.0 Å². The number of amides is 2. The lowest BCUT2D eigenvalue weighted by atomic mass is 10.2. The highest BCUT2D eigenvalue weighted by molar-refractivity contribution is 7.89. The van der Waals surface area contributed by atoms with Crippen molar-refractivity contribution in [2.75, 3.05) is 31.4 Å². The summed E-state index contributed by atoms with van der Waals surface area (Å²) in [7, 11) is 1.65. The first-order valence-corrected chi connectivity index (χ1v) is 10.9. The molecular weight excluding hydrogens is 404 g/mol. The molecule has 162 valence electrons. The molecule has 8 nitrogen and oxygen atoms in total. The van der Waals surface area contributed by atoms with Crippen LogP contribution in [-0.4, -0.2) is 52.3 Å². The lowest BCUT2D eigenvalue weighted by molar-refractivity contribution is -0.131. The molecule has 0 aromatic heterocycles. The van der Waals surface area contributed by atoms with Gasteiger partial charge in [0, 0.05) is 46.0 Å². The van der Waals surface area contributed by atoms with Crippen LogP contribution in [0.1, 0.15) is 19.4 Å². The highest BCUT2D eigenvalue weighted by Gasteiger charge is 2.24. The Balaban J connectivity index is 2.01. The van der Waals surface area contributed by atoms with Gasteiger partial charge in [0.2, 0.25) is 21.8 Å². The van der Waals surface area contributed by atoms with E-state index in [0.717, 1.165) is 11.3 Å². The van der Waals surface area contributed by atoms with Gasteiger partial charge < -0.3 is 15.1 Å².